The van der Waals surface area contributed by atoms with E-state index in [4.69, 9.17) is 32.7 Å². The predicted molar refractivity (Wildman–Crippen MR) is 99.8 cm³/mol. The molecule has 1 unspecified atom stereocenters. The second kappa shape index (κ2) is 9.31. The number of hydrogen-bond acceptors (Lipinski definition) is 4. The van der Waals surface area contributed by atoms with Gasteiger partial charge in [-0.15, -0.1) is 0 Å². The van der Waals surface area contributed by atoms with Gasteiger partial charge in [-0.3, -0.25) is 20.4 Å². The highest BCUT2D eigenvalue weighted by Crippen LogP contribution is 2.28. The summed E-state index contributed by atoms with van der Waals surface area (Å²) >= 11 is 11.8. The summed E-state index contributed by atoms with van der Waals surface area (Å²) in [5.74, 6) is -0.303. The van der Waals surface area contributed by atoms with Crippen molar-refractivity contribution in [3.8, 4) is 11.5 Å². The Morgan fingerprint density at radius 1 is 1.08 bits per heavy atom. The molecule has 2 rings (SSSR count). The lowest BCUT2D eigenvalue weighted by Gasteiger charge is -2.16. The fraction of sp³-hybridized carbons (Fsp3) is 0.222. The molecule has 0 heterocycles. The lowest BCUT2D eigenvalue weighted by molar-refractivity contribution is -0.128. The molecular formula is C18H18Cl2N2O4. The summed E-state index contributed by atoms with van der Waals surface area (Å²) in [5, 5.41) is 0.742. The van der Waals surface area contributed by atoms with E-state index in [9.17, 15) is 9.59 Å². The van der Waals surface area contributed by atoms with E-state index in [2.05, 4.69) is 10.9 Å². The number of carbonyl (C=O) groups is 2. The van der Waals surface area contributed by atoms with Gasteiger partial charge in [-0.25, -0.2) is 0 Å². The Balaban J connectivity index is 1.94. The van der Waals surface area contributed by atoms with Crippen LogP contribution in [0.15, 0.2) is 42.5 Å². The number of rotatable bonds is 6. The first-order valence-electron chi connectivity index (χ1n) is 7.86. The first kappa shape index (κ1) is 19.9. The van der Waals surface area contributed by atoms with Crippen LogP contribution in [0, 0.1) is 0 Å². The normalized spacial score (nSPS) is 11.4. The van der Waals surface area contributed by atoms with Crippen LogP contribution < -0.4 is 20.3 Å². The number of hydrazine groups is 1. The largest absolute Gasteiger partial charge is 0.493 e. The monoisotopic (exact) mass is 396 g/mol. The highest BCUT2D eigenvalue weighted by Gasteiger charge is 2.18. The molecule has 8 heteroatoms. The molecule has 0 aliphatic rings. The van der Waals surface area contributed by atoms with Crippen molar-refractivity contribution in [2.75, 3.05) is 6.61 Å². The SMILES string of the molecule is CCOc1ccccc1C(=O)NNC(=O)C(C)Oc1ccc(Cl)cc1Cl. The van der Waals surface area contributed by atoms with Crippen LogP contribution in [-0.2, 0) is 4.79 Å². The van der Waals surface area contributed by atoms with Crippen molar-refractivity contribution in [2.24, 2.45) is 0 Å². The molecule has 2 aromatic carbocycles. The van der Waals surface area contributed by atoms with E-state index in [0.717, 1.165) is 0 Å². The standard InChI is InChI=1S/C18H18Cl2N2O4/c1-3-25-15-7-5-4-6-13(15)18(24)22-21-17(23)11(2)26-16-9-8-12(19)10-14(16)20/h4-11H,3H2,1-2H3,(H,21,23)(H,22,24). The van der Waals surface area contributed by atoms with Gasteiger partial charge in [-0.2, -0.15) is 0 Å². The number of para-hydroxylation sites is 1. The minimum absolute atomic E-state index is 0.284. The molecule has 0 radical (unpaired) electrons. The molecule has 0 aromatic heterocycles. The van der Waals surface area contributed by atoms with Gasteiger partial charge in [0.1, 0.15) is 11.5 Å². The Morgan fingerprint density at radius 2 is 1.81 bits per heavy atom. The average Bonchev–Trinajstić information content (AvgIpc) is 2.62. The zero-order chi connectivity index (χ0) is 19.1. The van der Waals surface area contributed by atoms with E-state index >= 15 is 0 Å². The van der Waals surface area contributed by atoms with Crippen molar-refractivity contribution < 1.29 is 19.1 Å². The van der Waals surface area contributed by atoms with Crippen molar-refractivity contribution in [1.82, 2.24) is 10.9 Å². The Morgan fingerprint density at radius 3 is 2.50 bits per heavy atom. The van der Waals surface area contributed by atoms with Crippen molar-refractivity contribution in [3.05, 3.63) is 58.1 Å². The molecule has 0 fully saturated rings. The topological polar surface area (TPSA) is 76.7 Å². The van der Waals surface area contributed by atoms with Gasteiger partial charge in [0.05, 0.1) is 17.2 Å². The molecule has 2 amide bonds. The molecule has 1 atom stereocenters. The summed E-state index contributed by atoms with van der Waals surface area (Å²) in [6.07, 6.45) is -0.892. The fourth-order valence-electron chi connectivity index (χ4n) is 2.04. The number of halogens is 2. The van der Waals surface area contributed by atoms with E-state index in [1.165, 1.54) is 13.0 Å². The molecule has 26 heavy (non-hydrogen) atoms. The van der Waals surface area contributed by atoms with Crippen LogP contribution in [0.4, 0.5) is 0 Å². The minimum Gasteiger partial charge on any atom is -0.493 e. The van der Waals surface area contributed by atoms with Gasteiger partial charge in [-0.1, -0.05) is 35.3 Å². The predicted octanol–water partition coefficient (Wildman–Crippen LogP) is 3.62. The highest BCUT2D eigenvalue weighted by molar-refractivity contribution is 6.35. The van der Waals surface area contributed by atoms with Gasteiger partial charge in [0.25, 0.3) is 11.8 Å². The summed E-state index contributed by atoms with van der Waals surface area (Å²) in [5.41, 5.74) is 4.96. The van der Waals surface area contributed by atoms with Crippen LogP contribution in [0.5, 0.6) is 11.5 Å². The number of carbonyl (C=O) groups excluding carboxylic acids is 2. The molecule has 6 nitrogen and oxygen atoms in total. The second-order valence-electron chi connectivity index (χ2n) is 5.21. The Bertz CT molecular complexity index is 799. The molecule has 2 aromatic rings. The zero-order valence-electron chi connectivity index (χ0n) is 14.2. The van der Waals surface area contributed by atoms with E-state index in [-0.39, 0.29) is 5.02 Å². The van der Waals surface area contributed by atoms with Crippen molar-refractivity contribution in [2.45, 2.75) is 20.0 Å². The summed E-state index contributed by atoms with van der Waals surface area (Å²) in [6.45, 7) is 3.77. The van der Waals surface area contributed by atoms with Crippen LogP contribution in [0.25, 0.3) is 0 Å². The smallest absolute Gasteiger partial charge is 0.279 e. The number of benzene rings is 2. The van der Waals surface area contributed by atoms with Gasteiger partial charge in [0, 0.05) is 5.02 Å². The lowest BCUT2D eigenvalue weighted by atomic mass is 10.2. The number of ether oxygens (including phenoxy) is 2. The van der Waals surface area contributed by atoms with Crippen LogP contribution in [0.1, 0.15) is 24.2 Å². The average molecular weight is 397 g/mol. The summed E-state index contributed by atoms with van der Waals surface area (Å²) in [4.78, 5) is 24.4. The quantitative estimate of drug-likeness (QED) is 0.730. The Hall–Kier alpha value is -2.44. The Labute approximate surface area is 161 Å². The molecule has 0 saturated carbocycles. The number of nitrogens with one attached hydrogen (secondary N) is 2. The molecule has 0 bridgehead atoms. The first-order chi connectivity index (χ1) is 12.4. The Kier molecular flexibility index (Phi) is 7.12. The molecule has 0 aliphatic heterocycles. The lowest BCUT2D eigenvalue weighted by Crippen LogP contribution is -2.47. The fourth-order valence-corrected chi connectivity index (χ4v) is 2.49. The summed E-state index contributed by atoms with van der Waals surface area (Å²) < 4.78 is 10.9. The molecule has 0 aliphatic carbocycles. The molecule has 0 spiro atoms. The van der Waals surface area contributed by atoms with Crippen molar-refractivity contribution >= 4 is 35.0 Å². The van der Waals surface area contributed by atoms with E-state index < -0.39 is 17.9 Å². The van der Waals surface area contributed by atoms with Gasteiger partial charge >= 0.3 is 0 Å². The maximum absolute atomic E-state index is 12.2. The van der Waals surface area contributed by atoms with E-state index in [1.54, 1.807) is 36.4 Å². The van der Waals surface area contributed by atoms with Crippen molar-refractivity contribution in [3.63, 3.8) is 0 Å². The van der Waals surface area contributed by atoms with Crippen LogP contribution in [0.2, 0.25) is 10.0 Å². The van der Waals surface area contributed by atoms with Gasteiger partial charge in [-0.05, 0) is 44.2 Å². The van der Waals surface area contributed by atoms with E-state index in [1.807, 2.05) is 6.92 Å². The number of amides is 2. The van der Waals surface area contributed by atoms with Gasteiger partial charge in [0.2, 0.25) is 0 Å². The van der Waals surface area contributed by atoms with Crippen molar-refractivity contribution in [1.29, 1.82) is 0 Å². The maximum atomic E-state index is 12.2. The van der Waals surface area contributed by atoms with Gasteiger partial charge in [0.15, 0.2) is 6.10 Å². The third-order valence-corrected chi connectivity index (χ3v) is 3.83. The van der Waals surface area contributed by atoms with Gasteiger partial charge < -0.3 is 9.47 Å². The third kappa shape index (κ3) is 5.28. The van der Waals surface area contributed by atoms with Crippen LogP contribution in [-0.4, -0.2) is 24.5 Å². The molecule has 138 valence electrons. The highest BCUT2D eigenvalue weighted by atomic mass is 35.5. The first-order valence-corrected chi connectivity index (χ1v) is 8.61. The molecule has 0 saturated heterocycles. The zero-order valence-corrected chi connectivity index (χ0v) is 15.7. The molecule has 2 N–H and O–H groups in total. The minimum atomic E-state index is -0.892. The maximum Gasteiger partial charge on any atom is 0.279 e. The molecular weight excluding hydrogens is 379 g/mol. The third-order valence-electron chi connectivity index (χ3n) is 3.30. The van der Waals surface area contributed by atoms with E-state index in [0.29, 0.717) is 28.7 Å². The van der Waals surface area contributed by atoms with Crippen LogP contribution in [0.3, 0.4) is 0 Å². The summed E-state index contributed by atoms with van der Waals surface area (Å²) in [6, 6.07) is 11.4. The van der Waals surface area contributed by atoms with Crippen LogP contribution >= 0.6 is 23.2 Å². The number of hydrogen-bond donors (Lipinski definition) is 2. The second-order valence-corrected chi connectivity index (χ2v) is 6.05. The summed E-state index contributed by atoms with van der Waals surface area (Å²) in [7, 11) is 0.